The summed E-state index contributed by atoms with van der Waals surface area (Å²) in [5.41, 5.74) is -4.38. The van der Waals surface area contributed by atoms with E-state index < -0.39 is 29.3 Å². The van der Waals surface area contributed by atoms with Gasteiger partial charge in [0.1, 0.15) is 5.69 Å². The minimum atomic E-state index is -5.14. The maximum Gasteiger partial charge on any atom is 0.433 e. The average molecular weight is 395 g/mol. The van der Waals surface area contributed by atoms with Crippen molar-refractivity contribution in [2.45, 2.75) is 12.4 Å². The molecule has 0 atom stereocenters. The second kappa shape index (κ2) is 6.03. The highest BCUT2D eigenvalue weighted by Gasteiger charge is 2.40. The molecule has 0 amide bonds. The standard InChI is InChI=1S/C13H4Cl3F6N/c14-5-3-7(15)10(8(16)4-5)6-1-2-9(12(17,18)19)23-11(6)13(20,21)22/h1-4H. The van der Waals surface area contributed by atoms with Gasteiger partial charge >= 0.3 is 12.4 Å². The predicted molar refractivity (Wildman–Crippen MR) is 74.7 cm³/mol. The first-order chi connectivity index (χ1) is 10.4. The molecule has 0 aliphatic carbocycles. The van der Waals surface area contributed by atoms with Gasteiger partial charge in [0, 0.05) is 16.1 Å². The topological polar surface area (TPSA) is 12.9 Å². The molecule has 1 aromatic heterocycles. The van der Waals surface area contributed by atoms with E-state index in [4.69, 9.17) is 34.8 Å². The van der Waals surface area contributed by atoms with E-state index >= 15 is 0 Å². The highest BCUT2D eigenvalue weighted by atomic mass is 35.5. The number of hydrogen-bond acceptors (Lipinski definition) is 1. The van der Waals surface area contributed by atoms with Gasteiger partial charge in [-0.3, -0.25) is 0 Å². The Morgan fingerprint density at radius 2 is 1.30 bits per heavy atom. The fourth-order valence-electron chi connectivity index (χ4n) is 1.83. The molecule has 23 heavy (non-hydrogen) atoms. The van der Waals surface area contributed by atoms with E-state index in [9.17, 15) is 26.3 Å². The average Bonchev–Trinajstić information content (AvgIpc) is 2.35. The van der Waals surface area contributed by atoms with Crippen LogP contribution in [-0.2, 0) is 12.4 Å². The van der Waals surface area contributed by atoms with Crippen LogP contribution in [-0.4, -0.2) is 4.98 Å². The Labute approximate surface area is 140 Å². The summed E-state index contributed by atoms with van der Waals surface area (Å²) < 4.78 is 77.1. The molecule has 0 N–H and O–H groups in total. The van der Waals surface area contributed by atoms with Crippen molar-refractivity contribution in [3.05, 3.63) is 50.7 Å². The highest BCUT2D eigenvalue weighted by Crippen LogP contribution is 2.44. The van der Waals surface area contributed by atoms with E-state index in [2.05, 4.69) is 4.98 Å². The predicted octanol–water partition coefficient (Wildman–Crippen LogP) is 6.75. The van der Waals surface area contributed by atoms with E-state index in [1.807, 2.05) is 0 Å². The maximum atomic E-state index is 13.1. The summed E-state index contributed by atoms with van der Waals surface area (Å²) in [7, 11) is 0. The molecule has 1 nitrogen and oxygen atoms in total. The Hall–Kier alpha value is -1.18. The second-order valence-electron chi connectivity index (χ2n) is 4.33. The van der Waals surface area contributed by atoms with E-state index in [0.29, 0.717) is 12.1 Å². The lowest BCUT2D eigenvalue weighted by Gasteiger charge is -2.16. The molecule has 0 saturated heterocycles. The third-order valence-electron chi connectivity index (χ3n) is 2.73. The number of halogens is 9. The number of nitrogens with zero attached hydrogens (tertiary/aromatic N) is 1. The van der Waals surface area contributed by atoms with Crippen molar-refractivity contribution in [1.82, 2.24) is 4.98 Å². The quantitative estimate of drug-likeness (QED) is 0.488. The van der Waals surface area contributed by atoms with Crippen molar-refractivity contribution >= 4 is 34.8 Å². The van der Waals surface area contributed by atoms with Crippen LogP contribution >= 0.6 is 34.8 Å². The summed E-state index contributed by atoms with van der Waals surface area (Å²) in [4.78, 5) is 2.70. The van der Waals surface area contributed by atoms with E-state index in [1.54, 1.807) is 0 Å². The third kappa shape index (κ3) is 3.84. The summed E-state index contributed by atoms with van der Waals surface area (Å²) in [5.74, 6) is 0. The van der Waals surface area contributed by atoms with Gasteiger partial charge in [0.25, 0.3) is 0 Å². The van der Waals surface area contributed by atoms with Gasteiger partial charge in [0.2, 0.25) is 0 Å². The number of rotatable bonds is 1. The van der Waals surface area contributed by atoms with E-state index in [1.165, 1.54) is 0 Å². The number of hydrogen-bond donors (Lipinski definition) is 0. The SMILES string of the molecule is FC(F)(F)c1ccc(-c2c(Cl)cc(Cl)cc2Cl)c(C(F)(F)F)n1. The molecule has 0 fully saturated rings. The lowest BCUT2D eigenvalue weighted by Crippen LogP contribution is -2.16. The number of pyridine rings is 1. The zero-order valence-corrected chi connectivity index (χ0v) is 12.9. The van der Waals surface area contributed by atoms with Crippen LogP contribution in [0, 0.1) is 0 Å². The maximum absolute atomic E-state index is 13.1. The molecule has 0 aliphatic rings. The number of alkyl halides is 6. The molecule has 0 aliphatic heterocycles. The summed E-state index contributed by atoms with van der Waals surface area (Å²) in [6.07, 6.45) is -10.2. The van der Waals surface area contributed by atoms with Crippen molar-refractivity contribution in [3.63, 3.8) is 0 Å². The number of aromatic nitrogens is 1. The zero-order valence-electron chi connectivity index (χ0n) is 10.7. The van der Waals surface area contributed by atoms with Gasteiger partial charge in [0.15, 0.2) is 5.69 Å². The van der Waals surface area contributed by atoms with Crippen molar-refractivity contribution in [2.75, 3.05) is 0 Å². The molecular weight excluding hydrogens is 390 g/mol. The van der Waals surface area contributed by atoms with Crippen LogP contribution in [0.4, 0.5) is 26.3 Å². The summed E-state index contributed by atoms with van der Waals surface area (Å²) in [5, 5.41) is -0.415. The van der Waals surface area contributed by atoms with E-state index in [0.717, 1.165) is 12.1 Å². The smallest absolute Gasteiger partial charge is 0.238 e. The lowest BCUT2D eigenvalue weighted by molar-refractivity contribution is -0.149. The minimum Gasteiger partial charge on any atom is -0.238 e. The molecule has 0 radical (unpaired) electrons. The van der Waals surface area contributed by atoms with Crippen LogP contribution in [0.3, 0.4) is 0 Å². The Balaban J connectivity index is 2.78. The van der Waals surface area contributed by atoms with Gasteiger partial charge in [-0.25, -0.2) is 4.98 Å². The Morgan fingerprint density at radius 3 is 1.74 bits per heavy atom. The van der Waals surface area contributed by atoms with Crippen LogP contribution in [0.5, 0.6) is 0 Å². The fraction of sp³-hybridized carbons (Fsp3) is 0.154. The summed E-state index contributed by atoms with van der Waals surface area (Å²) in [6.45, 7) is 0. The molecule has 124 valence electrons. The monoisotopic (exact) mass is 393 g/mol. The van der Waals surface area contributed by atoms with Crippen molar-refractivity contribution < 1.29 is 26.3 Å². The van der Waals surface area contributed by atoms with Crippen molar-refractivity contribution in [2.24, 2.45) is 0 Å². The minimum absolute atomic E-state index is 0.0668. The lowest BCUT2D eigenvalue weighted by atomic mass is 10.0. The zero-order chi connectivity index (χ0) is 17.6. The molecule has 10 heteroatoms. The fourth-order valence-corrected chi connectivity index (χ4v) is 2.85. The molecule has 1 aromatic carbocycles. The summed E-state index contributed by atoms with van der Waals surface area (Å²) >= 11 is 17.3. The van der Waals surface area contributed by atoms with Crippen LogP contribution < -0.4 is 0 Å². The first-order valence-corrected chi connectivity index (χ1v) is 6.85. The van der Waals surface area contributed by atoms with Crippen molar-refractivity contribution in [1.29, 1.82) is 0 Å². The molecule has 0 bridgehead atoms. The van der Waals surface area contributed by atoms with Gasteiger partial charge in [-0.05, 0) is 24.3 Å². The van der Waals surface area contributed by atoms with Gasteiger partial charge in [-0.2, -0.15) is 26.3 Å². The van der Waals surface area contributed by atoms with Gasteiger partial charge in [-0.15, -0.1) is 0 Å². The highest BCUT2D eigenvalue weighted by molar-refractivity contribution is 6.41. The Kier molecular flexibility index (Phi) is 4.76. The first-order valence-electron chi connectivity index (χ1n) is 5.71. The molecule has 0 unspecified atom stereocenters. The van der Waals surface area contributed by atoms with Crippen LogP contribution in [0.25, 0.3) is 11.1 Å². The van der Waals surface area contributed by atoms with Gasteiger partial charge in [-0.1, -0.05) is 34.8 Å². The summed E-state index contributed by atoms with van der Waals surface area (Å²) in [6, 6.07) is 3.30. The second-order valence-corrected chi connectivity index (χ2v) is 5.58. The molecular formula is C13H4Cl3F6N. The van der Waals surface area contributed by atoms with Gasteiger partial charge in [0.05, 0.1) is 10.0 Å². The van der Waals surface area contributed by atoms with Crippen LogP contribution in [0.15, 0.2) is 24.3 Å². The Bertz CT molecular complexity index is 731. The third-order valence-corrected chi connectivity index (χ3v) is 3.54. The van der Waals surface area contributed by atoms with Crippen LogP contribution in [0.1, 0.15) is 11.4 Å². The molecule has 2 aromatic rings. The van der Waals surface area contributed by atoms with E-state index in [-0.39, 0.29) is 20.6 Å². The normalized spacial score (nSPS) is 12.6. The first kappa shape index (κ1) is 18.2. The Morgan fingerprint density at radius 1 is 0.783 bits per heavy atom. The molecule has 1 heterocycles. The molecule has 0 spiro atoms. The molecule has 0 saturated carbocycles. The largest absolute Gasteiger partial charge is 0.433 e. The van der Waals surface area contributed by atoms with Crippen LogP contribution in [0.2, 0.25) is 15.1 Å². The van der Waals surface area contributed by atoms with Gasteiger partial charge < -0.3 is 0 Å². The number of benzene rings is 1. The molecule has 2 rings (SSSR count). The van der Waals surface area contributed by atoms with Crippen molar-refractivity contribution in [3.8, 4) is 11.1 Å².